The van der Waals surface area contributed by atoms with Crippen molar-refractivity contribution in [2.45, 2.75) is 77.2 Å². The summed E-state index contributed by atoms with van der Waals surface area (Å²) in [6.45, 7) is 16.8. The molecule has 0 spiro atoms. The van der Waals surface area contributed by atoms with E-state index in [0.717, 1.165) is 71.0 Å². The normalized spacial score (nSPS) is 21.8. The van der Waals surface area contributed by atoms with E-state index >= 15 is 0 Å². The van der Waals surface area contributed by atoms with E-state index in [1.165, 1.54) is 5.69 Å². The number of hydrogen-bond donors (Lipinski definition) is 2. The Labute approximate surface area is 277 Å². The zero-order chi connectivity index (χ0) is 33.1. The van der Waals surface area contributed by atoms with Gasteiger partial charge in [0.05, 0.1) is 25.8 Å². The molecule has 4 fully saturated rings. The molecule has 13 nitrogen and oxygen atoms in total. The van der Waals surface area contributed by atoms with Crippen molar-refractivity contribution < 1.29 is 23.8 Å². The first-order chi connectivity index (χ1) is 22.6. The number of nitrogens with zero attached hydrogens (tertiary/aromatic N) is 6. The summed E-state index contributed by atoms with van der Waals surface area (Å²) >= 11 is 0. The Bertz CT molecular complexity index is 1400. The van der Waals surface area contributed by atoms with Crippen molar-refractivity contribution >= 4 is 29.2 Å². The lowest BCUT2D eigenvalue weighted by atomic mass is 10.0. The first-order valence-corrected chi connectivity index (χ1v) is 17.1. The van der Waals surface area contributed by atoms with Gasteiger partial charge in [-0.25, -0.2) is 9.78 Å². The molecule has 0 saturated carbocycles. The number of likely N-dealkylation sites (tertiary alicyclic amines) is 1. The molecule has 1 aromatic heterocycles. The summed E-state index contributed by atoms with van der Waals surface area (Å²) in [6, 6.07) is 9.45. The molecule has 4 aliphatic rings. The number of rotatable bonds is 9. The maximum atomic E-state index is 12.6. The summed E-state index contributed by atoms with van der Waals surface area (Å²) in [4.78, 5) is 43.5. The van der Waals surface area contributed by atoms with Crippen molar-refractivity contribution in [3.63, 3.8) is 0 Å². The Hall–Kier alpha value is -3.68. The average molecular weight is 651 g/mol. The fourth-order valence-corrected chi connectivity index (χ4v) is 6.80. The summed E-state index contributed by atoms with van der Waals surface area (Å²) in [5.74, 6) is -0.102. The standard InChI is InChI=1S/C34H50N8O5/c1-5-28-32(46-27-12-15-42(20-27)33(44)47-34(2,3)4)38-31(29(37-28)30(35)43)36-23-6-8-24(9-7-23)39-13-10-25(11-14-39)40-16-18-41(19-17-40)26-21-45-22-26/h6-9,25-27H,5,10-22H2,1-4H3,(H2,35,43)(H,36,38)/t27-/m1/s1. The first kappa shape index (κ1) is 33.2. The second-order valence-electron chi connectivity index (χ2n) is 14.0. The number of piperazine rings is 1. The summed E-state index contributed by atoms with van der Waals surface area (Å²) in [5.41, 5.74) is 7.69. The molecule has 2 aromatic rings. The fourth-order valence-electron chi connectivity index (χ4n) is 6.80. The number of nitrogens with two attached hydrogens (primary N) is 1. The lowest BCUT2D eigenvalue weighted by Gasteiger charge is -2.46. The number of carbonyl (C=O) groups excluding carboxylic acids is 2. The molecule has 0 aliphatic carbocycles. The molecule has 2 amide bonds. The lowest BCUT2D eigenvalue weighted by molar-refractivity contribution is -0.0803. The minimum Gasteiger partial charge on any atom is -0.471 e. The van der Waals surface area contributed by atoms with Gasteiger partial charge in [0, 0.05) is 69.7 Å². The third kappa shape index (κ3) is 8.07. The highest BCUT2D eigenvalue weighted by Gasteiger charge is 2.34. The number of aryl methyl sites for hydroxylation is 1. The third-order valence-corrected chi connectivity index (χ3v) is 9.54. The molecule has 47 heavy (non-hydrogen) atoms. The van der Waals surface area contributed by atoms with Crippen LogP contribution in [0.2, 0.25) is 0 Å². The Kier molecular flexibility index (Phi) is 10.0. The van der Waals surface area contributed by atoms with E-state index in [9.17, 15) is 9.59 Å². The van der Waals surface area contributed by atoms with Crippen LogP contribution in [0.1, 0.15) is 63.1 Å². The molecular formula is C34H50N8O5. The summed E-state index contributed by atoms with van der Waals surface area (Å²) < 4.78 is 17.2. The Morgan fingerprint density at radius 3 is 2.17 bits per heavy atom. The smallest absolute Gasteiger partial charge is 0.410 e. The van der Waals surface area contributed by atoms with Crippen molar-refractivity contribution in [2.75, 3.05) is 75.8 Å². The third-order valence-electron chi connectivity index (χ3n) is 9.54. The lowest BCUT2D eigenvalue weighted by Crippen LogP contribution is -2.59. The maximum Gasteiger partial charge on any atom is 0.410 e. The highest BCUT2D eigenvalue weighted by Crippen LogP contribution is 2.29. The molecule has 256 valence electrons. The van der Waals surface area contributed by atoms with Crippen LogP contribution >= 0.6 is 0 Å². The highest BCUT2D eigenvalue weighted by molar-refractivity contribution is 5.96. The molecule has 1 atom stereocenters. The summed E-state index contributed by atoms with van der Waals surface area (Å²) in [6.07, 6.45) is 2.82. The van der Waals surface area contributed by atoms with Crippen LogP contribution in [0, 0.1) is 0 Å². The number of piperidine rings is 1. The van der Waals surface area contributed by atoms with Gasteiger partial charge < -0.3 is 35.1 Å². The number of anilines is 3. The SMILES string of the molecule is CCc1nc(C(N)=O)c(Nc2ccc(N3CCC(N4CCN(C5COC5)CC4)CC3)cc2)nc1O[C@@H]1CCN(C(=O)OC(C)(C)C)C1. The molecule has 13 heteroatoms. The highest BCUT2D eigenvalue weighted by atomic mass is 16.6. The number of nitrogens with one attached hydrogen (secondary N) is 1. The van der Waals surface area contributed by atoms with Gasteiger partial charge in [-0.15, -0.1) is 0 Å². The largest absolute Gasteiger partial charge is 0.471 e. The van der Waals surface area contributed by atoms with Crippen molar-refractivity contribution in [1.29, 1.82) is 0 Å². The molecule has 3 N–H and O–H groups in total. The Morgan fingerprint density at radius 2 is 1.60 bits per heavy atom. The van der Waals surface area contributed by atoms with Crippen LogP contribution in [0.25, 0.3) is 0 Å². The summed E-state index contributed by atoms with van der Waals surface area (Å²) in [5, 5.41) is 3.25. The van der Waals surface area contributed by atoms with Crippen LogP contribution in [0.3, 0.4) is 0 Å². The van der Waals surface area contributed by atoms with Crippen molar-refractivity contribution in [3.8, 4) is 5.88 Å². The molecule has 6 rings (SSSR count). The Morgan fingerprint density at radius 1 is 0.936 bits per heavy atom. The number of primary amides is 1. The molecule has 4 aliphatic heterocycles. The molecule has 4 saturated heterocycles. The summed E-state index contributed by atoms with van der Waals surface area (Å²) in [7, 11) is 0. The monoisotopic (exact) mass is 650 g/mol. The predicted molar refractivity (Wildman–Crippen MR) is 179 cm³/mol. The van der Waals surface area contributed by atoms with E-state index in [1.54, 1.807) is 4.90 Å². The van der Waals surface area contributed by atoms with Gasteiger partial charge in [0.25, 0.3) is 5.91 Å². The minimum atomic E-state index is -0.670. The van der Waals surface area contributed by atoms with Crippen LogP contribution in [0.4, 0.5) is 22.0 Å². The van der Waals surface area contributed by atoms with Gasteiger partial charge >= 0.3 is 6.09 Å². The van der Waals surface area contributed by atoms with Crippen molar-refractivity contribution in [2.24, 2.45) is 5.73 Å². The molecule has 0 radical (unpaired) electrons. The number of ether oxygens (including phenoxy) is 3. The zero-order valence-electron chi connectivity index (χ0n) is 28.2. The Balaban J connectivity index is 1.06. The van der Waals surface area contributed by atoms with Crippen LogP contribution in [-0.2, 0) is 15.9 Å². The second kappa shape index (κ2) is 14.2. The van der Waals surface area contributed by atoms with Gasteiger partial charge in [-0.05, 0) is 64.3 Å². The quantitative estimate of drug-likeness (QED) is 0.414. The molecule has 5 heterocycles. The van der Waals surface area contributed by atoms with Crippen LogP contribution in [0.15, 0.2) is 24.3 Å². The number of amides is 2. The molecule has 1 aromatic carbocycles. The number of aromatic nitrogens is 2. The second-order valence-corrected chi connectivity index (χ2v) is 14.0. The first-order valence-electron chi connectivity index (χ1n) is 17.1. The van der Waals surface area contributed by atoms with Gasteiger partial charge in [0.2, 0.25) is 5.88 Å². The van der Waals surface area contributed by atoms with Crippen LogP contribution < -0.4 is 20.7 Å². The van der Waals surface area contributed by atoms with Gasteiger partial charge in [-0.2, -0.15) is 4.98 Å². The van der Waals surface area contributed by atoms with Gasteiger partial charge in [-0.1, -0.05) is 6.92 Å². The number of benzene rings is 1. The topological polar surface area (TPSA) is 139 Å². The molecule has 0 unspecified atom stereocenters. The fraction of sp³-hybridized carbons (Fsp3) is 0.647. The van der Waals surface area contributed by atoms with E-state index in [-0.39, 0.29) is 23.7 Å². The van der Waals surface area contributed by atoms with Gasteiger partial charge in [0.15, 0.2) is 11.5 Å². The van der Waals surface area contributed by atoms with E-state index in [0.29, 0.717) is 49.6 Å². The van der Waals surface area contributed by atoms with E-state index < -0.39 is 11.5 Å². The van der Waals surface area contributed by atoms with Crippen LogP contribution in [-0.4, -0.2) is 126 Å². The average Bonchev–Trinajstić information content (AvgIpc) is 3.49. The maximum absolute atomic E-state index is 12.6. The van der Waals surface area contributed by atoms with Crippen LogP contribution in [0.5, 0.6) is 5.88 Å². The molecular weight excluding hydrogens is 600 g/mol. The van der Waals surface area contributed by atoms with E-state index in [1.807, 2.05) is 39.8 Å². The van der Waals surface area contributed by atoms with Crippen molar-refractivity contribution in [3.05, 3.63) is 35.7 Å². The predicted octanol–water partition coefficient (Wildman–Crippen LogP) is 3.25. The number of carbonyl (C=O) groups is 2. The minimum absolute atomic E-state index is 0.0593. The van der Waals surface area contributed by atoms with E-state index in [2.05, 4.69) is 42.1 Å². The zero-order valence-corrected chi connectivity index (χ0v) is 28.2. The number of hydrogen-bond acceptors (Lipinski definition) is 11. The molecule has 0 bridgehead atoms. The van der Waals surface area contributed by atoms with Gasteiger partial charge in [-0.3, -0.25) is 14.6 Å². The van der Waals surface area contributed by atoms with Gasteiger partial charge in [0.1, 0.15) is 17.4 Å². The van der Waals surface area contributed by atoms with Crippen molar-refractivity contribution in [1.82, 2.24) is 24.7 Å². The van der Waals surface area contributed by atoms with E-state index in [4.69, 9.17) is 19.9 Å².